The van der Waals surface area contributed by atoms with Gasteiger partial charge in [-0.1, -0.05) is 70.2 Å². The maximum Gasteiger partial charge on any atom is 0.243 e. The number of carbonyl (C=O) groups excluding carboxylic acids is 1. The lowest BCUT2D eigenvalue weighted by atomic mass is 9.85. The molecule has 1 unspecified atom stereocenters. The Balaban J connectivity index is 1.65. The molecule has 1 aromatic heterocycles. The lowest BCUT2D eigenvalue weighted by Gasteiger charge is -2.37. The van der Waals surface area contributed by atoms with Gasteiger partial charge in [-0.25, -0.2) is 8.42 Å². The van der Waals surface area contributed by atoms with Crippen molar-refractivity contribution in [3.05, 3.63) is 87.6 Å². The summed E-state index contributed by atoms with van der Waals surface area (Å²) >= 11 is 1.72. The molecule has 0 N–H and O–H groups in total. The number of hydrogen-bond donors (Lipinski definition) is 0. The zero-order chi connectivity index (χ0) is 25.2. The molecule has 1 atom stereocenters. The molecule has 4 rings (SSSR count). The van der Waals surface area contributed by atoms with Crippen LogP contribution in [0.3, 0.4) is 0 Å². The van der Waals surface area contributed by atoms with E-state index in [0.717, 1.165) is 17.5 Å². The Morgan fingerprint density at radius 3 is 2.37 bits per heavy atom. The van der Waals surface area contributed by atoms with E-state index in [2.05, 4.69) is 56.5 Å². The SMILES string of the molecule is CCCN(CC(=O)N1CCc2sccc2C1c1ccc(C(C)(C)C)cc1)S(=O)(=O)c1ccccc1. The Labute approximate surface area is 213 Å². The van der Waals surface area contributed by atoms with Gasteiger partial charge in [0.05, 0.1) is 17.5 Å². The zero-order valence-electron chi connectivity index (χ0n) is 20.9. The first-order chi connectivity index (χ1) is 16.6. The Morgan fingerprint density at radius 1 is 1.06 bits per heavy atom. The lowest BCUT2D eigenvalue weighted by molar-refractivity contribution is -0.133. The molecule has 0 bridgehead atoms. The topological polar surface area (TPSA) is 57.7 Å². The van der Waals surface area contributed by atoms with E-state index in [1.807, 2.05) is 11.8 Å². The highest BCUT2D eigenvalue weighted by molar-refractivity contribution is 7.89. The van der Waals surface area contributed by atoms with Crippen LogP contribution >= 0.6 is 11.3 Å². The Hall–Kier alpha value is -2.48. The smallest absolute Gasteiger partial charge is 0.243 e. The summed E-state index contributed by atoms with van der Waals surface area (Å²) < 4.78 is 28.0. The molecule has 1 amide bonds. The molecule has 1 aliphatic rings. The normalized spacial score (nSPS) is 16.4. The van der Waals surface area contributed by atoms with Crippen molar-refractivity contribution < 1.29 is 13.2 Å². The predicted molar refractivity (Wildman–Crippen MR) is 142 cm³/mol. The first-order valence-electron chi connectivity index (χ1n) is 12.1. The van der Waals surface area contributed by atoms with Crippen molar-refractivity contribution >= 4 is 27.3 Å². The fourth-order valence-electron chi connectivity index (χ4n) is 4.63. The van der Waals surface area contributed by atoms with Crippen molar-refractivity contribution in [3.8, 4) is 0 Å². The van der Waals surface area contributed by atoms with E-state index in [-0.39, 0.29) is 28.8 Å². The van der Waals surface area contributed by atoms with Crippen LogP contribution in [0.2, 0.25) is 0 Å². The van der Waals surface area contributed by atoms with Gasteiger partial charge in [0.15, 0.2) is 0 Å². The van der Waals surface area contributed by atoms with E-state index in [1.54, 1.807) is 41.7 Å². The second kappa shape index (κ2) is 10.2. The van der Waals surface area contributed by atoms with Gasteiger partial charge >= 0.3 is 0 Å². The van der Waals surface area contributed by atoms with E-state index in [9.17, 15) is 13.2 Å². The summed E-state index contributed by atoms with van der Waals surface area (Å²) in [6.07, 6.45) is 1.42. The van der Waals surface area contributed by atoms with Gasteiger partial charge in [0.25, 0.3) is 0 Å². The van der Waals surface area contributed by atoms with Crippen LogP contribution in [-0.2, 0) is 26.7 Å². The van der Waals surface area contributed by atoms with E-state index < -0.39 is 10.0 Å². The molecule has 35 heavy (non-hydrogen) atoms. The van der Waals surface area contributed by atoms with E-state index in [4.69, 9.17) is 0 Å². The van der Waals surface area contributed by atoms with Gasteiger partial charge in [-0.15, -0.1) is 11.3 Å². The van der Waals surface area contributed by atoms with Crippen molar-refractivity contribution in [2.75, 3.05) is 19.6 Å². The number of nitrogens with zero attached hydrogens (tertiary/aromatic N) is 2. The molecule has 7 heteroatoms. The van der Waals surface area contributed by atoms with Gasteiger partial charge < -0.3 is 4.90 Å². The third-order valence-corrected chi connectivity index (χ3v) is 9.40. The van der Waals surface area contributed by atoms with Crippen molar-refractivity contribution in [3.63, 3.8) is 0 Å². The minimum Gasteiger partial charge on any atom is -0.330 e. The van der Waals surface area contributed by atoms with Crippen LogP contribution in [0.4, 0.5) is 0 Å². The maximum absolute atomic E-state index is 13.7. The molecular formula is C28H34N2O3S2. The molecule has 3 aromatic rings. The van der Waals surface area contributed by atoms with Crippen LogP contribution in [0.25, 0.3) is 0 Å². The standard InChI is InChI=1S/C28H34N2O3S2/c1-5-17-29(35(32,33)23-9-7-6-8-10-23)20-26(31)30-18-15-25-24(16-19-34-25)27(30)21-11-13-22(14-12-21)28(2,3)4/h6-14,16,19,27H,5,15,17-18,20H2,1-4H3. The number of rotatable bonds is 7. The Bertz CT molecular complexity index is 1260. The zero-order valence-corrected chi connectivity index (χ0v) is 22.5. The van der Waals surface area contributed by atoms with Gasteiger partial charge in [0.2, 0.25) is 15.9 Å². The average Bonchev–Trinajstić information content (AvgIpc) is 3.32. The van der Waals surface area contributed by atoms with Gasteiger partial charge in [0, 0.05) is 18.0 Å². The van der Waals surface area contributed by atoms with Crippen LogP contribution in [0.15, 0.2) is 70.9 Å². The van der Waals surface area contributed by atoms with Crippen molar-refractivity contribution in [1.82, 2.24) is 9.21 Å². The number of thiophene rings is 1. The summed E-state index contributed by atoms with van der Waals surface area (Å²) in [6, 6.07) is 18.8. The number of sulfonamides is 1. The first-order valence-corrected chi connectivity index (χ1v) is 14.5. The first kappa shape index (κ1) is 25.6. The number of amides is 1. The Kier molecular flexibility index (Phi) is 7.50. The van der Waals surface area contributed by atoms with Crippen molar-refractivity contribution in [2.45, 2.75) is 56.9 Å². The van der Waals surface area contributed by atoms with Crippen LogP contribution in [0.1, 0.15) is 61.7 Å². The molecule has 0 spiro atoms. The molecule has 1 aliphatic heterocycles. The highest BCUT2D eigenvalue weighted by atomic mass is 32.2. The van der Waals surface area contributed by atoms with E-state index in [1.165, 1.54) is 14.7 Å². The fourth-order valence-corrected chi connectivity index (χ4v) is 7.03. The van der Waals surface area contributed by atoms with Crippen LogP contribution in [0, 0.1) is 0 Å². The lowest BCUT2D eigenvalue weighted by Crippen LogP contribution is -2.46. The van der Waals surface area contributed by atoms with E-state index in [0.29, 0.717) is 19.5 Å². The third-order valence-electron chi connectivity index (χ3n) is 6.54. The minimum atomic E-state index is -3.76. The van der Waals surface area contributed by atoms with Gasteiger partial charge in [-0.3, -0.25) is 4.79 Å². The summed E-state index contributed by atoms with van der Waals surface area (Å²) in [4.78, 5) is 17.1. The van der Waals surface area contributed by atoms with Crippen LogP contribution in [0.5, 0.6) is 0 Å². The quantitative estimate of drug-likeness (QED) is 0.414. The van der Waals surface area contributed by atoms with Crippen molar-refractivity contribution in [2.24, 2.45) is 0 Å². The van der Waals surface area contributed by atoms with Crippen molar-refractivity contribution in [1.29, 1.82) is 0 Å². The van der Waals surface area contributed by atoms with Crippen LogP contribution in [-0.4, -0.2) is 43.2 Å². The van der Waals surface area contributed by atoms with Crippen LogP contribution < -0.4 is 0 Å². The largest absolute Gasteiger partial charge is 0.330 e. The maximum atomic E-state index is 13.7. The number of benzene rings is 2. The summed E-state index contributed by atoms with van der Waals surface area (Å²) in [7, 11) is -3.76. The molecule has 0 saturated heterocycles. The monoisotopic (exact) mass is 510 g/mol. The molecular weight excluding hydrogens is 476 g/mol. The molecule has 0 saturated carbocycles. The average molecular weight is 511 g/mol. The molecule has 0 aliphatic carbocycles. The molecule has 2 heterocycles. The second-order valence-electron chi connectivity index (χ2n) is 10.1. The fraction of sp³-hybridized carbons (Fsp3) is 0.393. The van der Waals surface area contributed by atoms with Gasteiger partial charge in [0.1, 0.15) is 0 Å². The number of carbonyl (C=O) groups is 1. The molecule has 186 valence electrons. The number of hydrogen-bond acceptors (Lipinski definition) is 4. The number of fused-ring (bicyclic) bond motifs is 1. The predicted octanol–water partition coefficient (Wildman–Crippen LogP) is 5.62. The molecule has 5 nitrogen and oxygen atoms in total. The summed E-state index contributed by atoms with van der Waals surface area (Å²) in [5, 5.41) is 2.08. The Morgan fingerprint density at radius 2 is 1.74 bits per heavy atom. The molecule has 0 radical (unpaired) electrons. The van der Waals surface area contributed by atoms with Gasteiger partial charge in [-0.05, 0) is 58.5 Å². The minimum absolute atomic E-state index is 0.0423. The van der Waals surface area contributed by atoms with Gasteiger partial charge in [-0.2, -0.15) is 4.31 Å². The van der Waals surface area contributed by atoms with E-state index >= 15 is 0 Å². The molecule has 2 aromatic carbocycles. The highest BCUT2D eigenvalue weighted by Gasteiger charge is 2.35. The molecule has 0 fully saturated rings. The summed E-state index contributed by atoms with van der Waals surface area (Å²) in [5.41, 5.74) is 3.48. The summed E-state index contributed by atoms with van der Waals surface area (Å²) in [6.45, 7) is 9.19. The third kappa shape index (κ3) is 5.37. The summed E-state index contributed by atoms with van der Waals surface area (Å²) in [5.74, 6) is -0.167. The highest BCUT2D eigenvalue weighted by Crippen LogP contribution is 2.38. The second-order valence-corrected chi connectivity index (χ2v) is 13.0.